The van der Waals surface area contributed by atoms with E-state index in [0.717, 1.165) is 41.6 Å². The standard InChI is InChI=1S/C30H35F2N3O4/c1-17(2)27-30(3,4)25-20-10-9-19(39-13-7-12-34(5)6)15-24(20)33-26(25)21(29(37)38)16-35(27)28(36)18-8-11-22(31)23(32)14-18/h8-11,14-17,27,33H,7,12-13H2,1-6H3,(H,37,38). The van der Waals surface area contributed by atoms with Crippen molar-refractivity contribution in [1.82, 2.24) is 14.8 Å². The highest BCUT2D eigenvalue weighted by atomic mass is 19.2. The van der Waals surface area contributed by atoms with Crippen molar-refractivity contribution in [3.05, 3.63) is 71.1 Å². The minimum Gasteiger partial charge on any atom is -0.493 e. The van der Waals surface area contributed by atoms with Gasteiger partial charge in [-0.1, -0.05) is 27.7 Å². The van der Waals surface area contributed by atoms with Gasteiger partial charge < -0.3 is 24.6 Å². The van der Waals surface area contributed by atoms with Crippen LogP contribution in [0, 0.1) is 17.6 Å². The van der Waals surface area contributed by atoms with E-state index in [-0.39, 0.29) is 17.1 Å². The van der Waals surface area contributed by atoms with Gasteiger partial charge in [0.2, 0.25) is 0 Å². The zero-order chi connectivity index (χ0) is 28.6. The summed E-state index contributed by atoms with van der Waals surface area (Å²) in [4.78, 5) is 33.0. The maximum atomic E-state index is 14.0. The minimum absolute atomic E-state index is 0.0668. The van der Waals surface area contributed by atoms with E-state index in [1.807, 2.05) is 60.0 Å². The molecule has 0 aliphatic carbocycles. The second-order valence-corrected chi connectivity index (χ2v) is 11.2. The molecule has 1 amide bonds. The highest BCUT2D eigenvalue weighted by Gasteiger charge is 2.45. The molecule has 2 aromatic carbocycles. The summed E-state index contributed by atoms with van der Waals surface area (Å²) in [6.07, 6.45) is 2.18. The van der Waals surface area contributed by atoms with Crippen molar-refractivity contribution in [2.75, 3.05) is 27.2 Å². The van der Waals surface area contributed by atoms with Crippen molar-refractivity contribution >= 4 is 28.4 Å². The molecule has 3 aromatic rings. The molecule has 0 saturated carbocycles. The number of carboxylic acids is 1. The Labute approximate surface area is 227 Å². The van der Waals surface area contributed by atoms with E-state index in [0.29, 0.717) is 18.1 Å². The average Bonchev–Trinajstić information content (AvgIpc) is 3.19. The molecule has 2 N–H and O–H groups in total. The Morgan fingerprint density at radius 2 is 1.85 bits per heavy atom. The summed E-state index contributed by atoms with van der Waals surface area (Å²) < 4.78 is 33.6. The van der Waals surface area contributed by atoms with Crippen LogP contribution in [-0.4, -0.2) is 65.1 Å². The van der Waals surface area contributed by atoms with Crippen LogP contribution in [-0.2, 0) is 10.2 Å². The highest BCUT2D eigenvalue weighted by molar-refractivity contribution is 6.17. The fourth-order valence-corrected chi connectivity index (χ4v) is 5.77. The normalized spacial score (nSPS) is 16.8. The lowest BCUT2D eigenvalue weighted by Crippen LogP contribution is -2.50. The van der Waals surface area contributed by atoms with E-state index in [1.54, 1.807) is 0 Å². The van der Waals surface area contributed by atoms with Crippen LogP contribution in [0.3, 0.4) is 0 Å². The number of nitrogens with zero attached hydrogens (tertiary/aromatic N) is 2. The molecule has 0 saturated heterocycles. The molecule has 0 bridgehead atoms. The molecule has 1 aliphatic heterocycles. The molecule has 0 spiro atoms. The minimum atomic E-state index is -1.22. The summed E-state index contributed by atoms with van der Waals surface area (Å²) in [5, 5.41) is 11.1. The van der Waals surface area contributed by atoms with Crippen LogP contribution < -0.4 is 4.74 Å². The van der Waals surface area contributed by atoms with Crippen molar-refractivity contribution in [2.45, 2.75) is 45.6 Å². The molecule has 208 valence electrons. The Kier molecular flexibility index (Phi) is 7.84. The first kappa shape index (κ1) is 28.3. The molecule has 9 heteroatoms. The number of fused-ring (bicyclic) bond motifs is 3. The Bertz CT molecular complexity index is 1440. The molecule has 2 heterocycles. The van der Waals surface area contributed by atoms with Crippen LogP contribution in [0.4, 0.5) is 8.78 Å². The van der Waals surface area contributed by atoms with Gasteiger partial charge in [0.15, 0.2) is 11.6 Å². The van der Waals surface area contributed by atoms with Gasteiger partial charge in [0.25, 0.3) is 5.91 Å². The van der Waals surface area contributed by atoms with Gasteiger partial charge in [0.1, 0.15) is 5.75 Å². The molecule has 1 aromatic heterocycles. The second kappa shape index (κ2) is 10.8. The van der Waals surface area contributed by atoms with Crippen molar-refractivity contribution in [3.63, 3.8) is 0 Å². The number of ether oxygens (including phenoxy) is 1. The summed E-state index contributed by atoms with van der Waals surface area (Å²) in [5.41, 5.74) is 0.999. The lowest BCUT2D eigenvalue weighted by Gasteiger charge is -2.42. The first-order valence-electron chi connectivity index (χ1n) is 13.0. The summed E-state index contributed by atoms with van der Waals surface area (Å²) >= 11 is 0. The van der Waals surface area contributed by atoms with Gasteiger partial charge in [0.05, 0.1) is 17.9 Å². The Morgan fingerprint density at radius 3 is 2.46 bits per heavy atom. The number of benzene rings is 2. The number of carbonyl (C=O) groups is 2. The number of amides is 1. The van der Waals surface area contributed by atoms with Crippen molar-refractivity contribution in [2.24, 2.45) is 5.92 Å². The number of H-pyrrole nitrogens is 1. The van der Waals surface area contributed by atoms with Gasteiger partial charge in [-0.15, -0.1) is 0 Å². The Balaban J connectivity index is 1.84. The fraction of sp³-hybridized carbons (Fsp3) is 0.400. The van der Waals surface area contributed by atoms with E-state index in [1.165, 1.54) is 17.2 Å². The highest BCUT2D eigenvalue weighted by Crippen LogP contribution is 2.46. The number of hydrogen-bond donors (Lipinski definition) is 2. The number of rotatable bonds is 8. The van der Waals surface area contributed by atoms with E-state index in [9.17, 15) is 23.5 Å². The van der Waals surface area contributed by atoms with Gasteiger partial charge >= 0.3 is 5.97 Å². The first-order valence-corrected chi connectivity index (χ1v) is 13.0. The number of nitrogens with one attached hydrogen (secondary N) is 1. The van der Waals surface area contributed by atoms with Gasteiger partial charge in [-0.2, -0.15) is 0 Å². The van der Waals surface area contributed by atoms with Gasteiger partial charge in [-0.25, -0.2) is 13.6 Å². The van der Waals surface area contributed by atoms with Crippen LogP contribution in [0.15, 0.2) is 42.6 Å². The fourth-order valence-electron chi connectivity index (χ4n) is 5.77. The molecular weight excluding hydrogens is 504 g/mol. The van der Waals surface area contributed by atoms with Crippen molar-refractivity contribution < 1.29 is 28.2 Å². The molecule has 0 fully saturated rings. The van der Waals surface area contributed by atoms with Gasteiger partial charge in [-0.3, -0.25) is 4.79 Å². The third-order valence-electron chi connectivity index (χ3n) is 7.27. The molecule has 4 rings (SSSR count). The number of carbonyl (C=O) groups excluding carboxylic acids is 1. The van der Waals surface area contributed by atoms with Crippen LogP contribution in [0.2, 0.25) is 0 Å². The maximum Gasteiger partial charge on any atom is 0.339 e. The third-order valence-corrected chi connectivity index (χ3v) is 7.27. The summed E-state index contributed by atoms with van der Waals surface area (Å²) in [7, 11) is 4.01. The molecule has 1 unspecified atom stereocenters. The molecule has 7 nitrogen and oxygen atoms in total. The number of aromatic nitrogens is 1. The number of halogens is 2. The van der Waals surface area contributed by atoms with Crippen LogP contribution in [0.1, 0.15) is 55.7 Å². The zero-order valence-corrected chi connectivity index (χ0v) is 23.1. The number of aromatic amines is 1. The predicted octanol–water partition coefficient (Wildman–Crippen LogP) is 5.66. The largest absolute Gasteiger partial charge is 0.493 e. The Morgan fingerprint density at radius 1 is 1.13 bits per heavy atom. The molecule has 1 atom stereocenters. The number of aliphatic carboxylic acids is 1. The van der Waals surface area contributed by atoms with Gasteiger partial charge in [-0.05, 0) is 62.3 Å². The van der Waals surface area contributed by atoms with E-state index < -0.39 is 35.0 Å². The Hall–Kier alpha value is -3.72. The van der Waals surface area contributed by atoms with Crippen LogP contribution in [0.5, 0.6) is 5.75 Å². The van der Waals surface area contributed by atoms with Crippen LogP contribution >= 0.6 is 0 Å². The zero-order valence-electron chi connectivity index (χ0n) is 23.1. The number of carboxylic acid groups (broad SMARTS) is 1. The molecular formula is C30H35F2N3O4. The monoisotopic (exact) mass is 539 g/mol. The molecule has 0 radical (unpaired) electrons. The van der Waals surface area contributed by atoms with E-state index in [4.69, 9.17) is 4.74 Å². The SMILES string of the molecule is CC(C)C1N(C(=O)c2ccc(F)c(F)c2)C=C(C(=O)O)c2[nH]c3cc(OCCCN(C)C)ccc3c2C1(C)C. The molecule has 39 heavy (non-hydrogen) atoms. The second-order valence-electron chi connectivity index (χ2n) is 11.2. The summed E-state index contributed by atoms with van der Waals surface area (Å²) in [6, 6.07) is 8.09. The first-order chi connectivity index (χ1) is 18.3. The maximum absolute atomic E-state index is 14.0. The van der Waals surface area contributed by atoms with Crippen molar-refractivity contribution in [3.8, 4) is 5.75 Å². The molecule has 1 aliphatic rings. The van der Waals surface area contributed by atoms with Crippen LogP contribution in [0.25, 0.3) is 16.5 Å². The lowest BCUT2D eigenvalue weighted by atomic mass is 9.71. The van der Waals surface area contributed by atoms with E-state index in [2.05, 4.69) is 9.88 Å². The summed E-state index contributed by atoms with van der Waals surface area (Å²) in [6.45, 7) is 9.29. The average molecular weight is 540 g/mol. The smallest absolute Gasteiger partial charge is 0.339 e. The van der Waals surface area contributed by atoms with Gasteiger partial charge in [0, 0.05) is 46.7 Å². The predicted molar refractivity (Wildman–Crippen MR) is 147 cm³/mol. The van der Waals surface area contributed by atoms with Crippen molar-refractivity contribution in [1.29, 1.82) is 0 Å². The lowest BCUT2D eigenvalue weighted by molar-refractivity contribution is -0.130. The quantitative estimate of drug-likeness (QED) is 0.361. The third kappa shape index (κ3) is 5.41. The topological polar surface area (TPSA) is 85.9 Å². The van der Waals surface area contributed by atoms with E-state index >= 15 is 0 Å². The summed E-state index contributed by atoms with van der Waals surface area (Å²) in [5.74, 6) is -3.47. The number of hydrogen-bond acceptors (Lipinski definition) is 4.